The number of aliphatic hydroxyl groups is 1. The lowest BCUT2D eigenvalue weighted by molar-refractivity contribution is 0.281. The maximum Gasteiger partial charge on any atom is 0.244 e. The Balaban J connectivity index is 3.29. The molecule has 90 valence electrons. The van der Waals surface area contributed by atoms with Crippen molar-refractivity contribution >= 4 is 10.0 Å². The third kappa shape index (κ3) is 2.72. The van der Waals surface area contributed by atoms with Crippen LogP contribution < -0.4 is 9.46 Å². The van der Waals surface area contributed by atoms with Crippen LogP contribution in [-0.2, 0) is 16.6 Å². The third-order valence-corrected chi connectivity index (χ3v) is 3.60. The molecular formula is C10H15NO4S. The van der Waals surface area contributed by atoms with Crippen molar-refractivity contribution in [2.75, 3.05) is 13.7 Å². The second-order valence-electron chi connectivity index (χ2n) is 3.14. The Hall–Kier alpha value is -1.11. The van der Waals surface area contributed by atoms with Gasteiger partial charge in [-0.25, -0.2) is 13.1 Å². The Morgan fingerprint density at radius 2 is 2.12 bits per heavy atom. The second-order valence-corrected chi connectivity index (χ2v) is 4.88. The van der Waals surface area contributed by atoms with Crippen molar-refractivity contribution in [3.63, 3.8) is 0 Å². The molecule has 1 aromatic rings. The van der Waals surface area contributed by atoms with E-state index in [9.17, 15) is 8.42 Å². The number of sulfonamides is 1. The largest absolute Gasteiger partial charge is 0.495 e. The van der Waals surface area contributed by atoms with Gasteiger partial charge < -0.3 is 9.84 Å². The molecule has 0 amide bonds. The summed E-state index contributed by atoms with van der Waals surface area (Å²) < 4.78 is 31.0. The van der Waals surface area contributed by atoms with Crippen molar-refractivity contribution in [3.05, 3.63) is 23.8 Å². The molecule has 0 saturated heterocycles. The second kappa shape index (κ2) is 5.29. The van der Waals surface area contributed by atoms with E-state index in [1.807, 2.05) is 0 Å². The van der Waals surface area contributed by atoms with Crippen LogP contribution in [-0.4, -0.2) is 27.2 Å². The summed E-state index contributed by atoms with van der Waals surface area (Å²) in [4.78, 5) is 0.0448. The normalized spacial score (nSPS) is 11.4. The zero-order valence-electron chi connectivity index (χ0n) is 9.23. The Morgan fingerprint density at radius 1 is 1.44 bits per heavy atom. The summed E-state index contributed by atoms with van der Waals surface area (Å²) in [5.41, 5.74) is 0.525. The molecule has 0 unspecified atom stereocenters. The number of benzene rings is 1. The van der Waals surface area contributed by atoms with Crippen LogP contribution in [0.3, 0.4) is 0 Å². The minimum atomic E-state index is -3.57. The van der Waals surface area contributed by atoms with E-state index >= 15 is 0 Å². The fourth-order valence-electron chi connectivity index (χ4n) is 1.30. The van der Waals surface area contributed by atoms with Gasteiger partial charge in [0.1, 0.15) is 10.6 Å². The number of hydrogen-bond acceptors (Lipinski definition) is 4. The summed E-state index contributed by atoms with van der Waals surface area (Å²) in [7, 11) is -2.17. The van der Waals surface area contributed by atoms with Gasteiger partial charge in [0.05, 0.1) is 13.7 Å². The van der Waals surface area contributed by atoms with E-state index in [0.717, 1.165) is 0 Å². The van der Waals surface area contributed by atoms with E-state index in [1.54, 1.807) is 13.0 Å². The van der Waals surface area contributed by atoms with Crippen molar-refractivity contribution in [1.82, 2.24) is 4.72 Å². The predicted octanol–water partition coefficient (Wildman–Crippen LogP) is 0.486. The number of rotatable bonds is 5. The van der Waals surface area contributed by atoms with Gasteiger partial charge in [0.2, 0.25) is 10.0 Å². The highest BCUT2D eigenvalue weighted by atomic mass is 32.2. The first-order valence-corrected chi connectivity index (χ1v) is 6.31. The molecule has 5 nitrogen and oxygen atoms in total. The van der Waals surface area contributed by atoms with Gasteiger partial charge in [-0.3, -0.25) is 0 Å². The van der Waals surface area contributed by atoms with E-state index < -0.39 is 10.0 Å². The van der Waals surface area contributed by atoms with Crippen molar-refractivity contribution < 1.29 is 18.3 Å². The van der Waals surface area contributed by atoms with E-state index in [4.69, 9.17) is 9.84 Å². The van der Waals surface area contributed by atoms with Crippen LogP contribution in [0, 0.1) is 0 Å². The average molecular weight is 245 g/mol. The Labute approximate surface area is 95.1 Å². The highest BCUT2D eigenvalue weighted by molar-refractivity contribution is 7.89. The smallest absolute Gasteiger partial charge is 0.244 e. The van der Waals surface area contributed by atoms with Gasteiger partial charge in [-0.05, 0) is 17.7 Å². The first-order chi connectivity index (χ1) is 7.55. The first-order valence-electron chi connectivity index (χ1n) is 4.82. The molecule has 0 aliphatic rings. The predicted molar refractivity (Wildman–Crippen MR) is 59.8 cm³/mol. The fraction of sp³-hybridized carbons (Fsp3) is 0.400. The molecule has 0 radical (unpaired) electrons. The standard InChI is InChI=1S/C10H15NO4S/c1-3-11-16(13,14)10-6-8(7-12)4-5-9(10)15-2/h4-6,11-12H,3,7H2,1-2H3. The van der Waals surface area contributed by atoms with E-state index in [-0.39, 0.29) is 17.3 Å². The number of ether oxygens (including phenoxy) is 1. The molecule has 0 fully saturated rings. The number of methoxy groups -OCH3 is 1. The van der Waals surface area contributed by atoms with Gasteiger partial charge in [0.15, 0.2) is 0 Å². The molecule has 0 bridgehead atoms. The molecule has 0 heterocycles. The number of nitrogens with one attached hydrogen (secondary N) is 1. The van der Waals surface area contributed by atoms with Crippen LogP contribution in [0.15, 0.2) is 23.1 Å². The third-order valence-electron chi connectivity index (χ3n) is 2.03. The molecule has 2 N–H and O–H groups in total. The summed E-state index contributed by atoms with van der Waals surface area (Å²) in [5, 5.41) is 8.97. The summed E-state index contributed by atoms with van der Waals surface area (Å²) in [6.07, 6.45) is 0. The first kappa shape index (κ1) is 13.0. The van der Waals surface area contributed by atoms with Gasteiger partial charge >= 0.3 is 0 Å². The quantitative estimate of drug-likeness (QED) is 0.791. The van der Waals surface area contributed by atoms with Crippen molar-refractivity contribution in [2.45, 2.75) is 18.4 Å². The maximum atomic E-state index is 11.8. The zero-order chi connectivity index (χ0) is 12.2. The van der Waals surface area contributed by atoms with Crippen LogP contribution >= 0.6 is 0 Å². The molecule has 1 aromatic carbocycles. The molecule has 1 rings (SSSR count). The van der Waals surface area contributed by atoms with Crippen LogP contribution in [0.1, 0.15) is 12.5 Å². The maximum absolute atomic E-state index is 11.8. The van der Waals surface area contributed by atoms with Crippen molar-refractivity contribution in [3.8, 4) is 5.75 Å². The molecule has 16 heavy (non-hydrogen) atoms. The molecular weight excluding hydrogens is 230 g/mol. The van der Waals surface area contributed by atoms with Gasteiger partial charge in [-0.15, -0.1) is 0 Å². The number of hydrogen-bond donors (Lipinski definition) is 2. The molecule has 0 spiro atoms. The minimum Gasteiger partial charge on any atom is -0.495 e. The van der Waals surface area contributed by atoms with Crippen LogP contribution in [0.5, 0.6) is 5.75 Å². The lowest BCUT2D eigenvalue weighted by atomic mass is 10.2. The summed E-state index contributed by atoms with van der Waals surface area (Å²) in [5.74, 6) is 0.262. The van der Waals surface area contributed by atoms with Crippen LogP contribution in [0.4, 0.5) is 0 Å². The fourth-order valence-corrected chi connectivity index (χ4v) is 2.56. The molecule has 0 atom stereocenters. The van der Waals surface area contributed by atoms with Gasteiger partial charge in [0, 0.05) is 6.54 Å². The topological polar surface area (TPSA) is 75.6 Å². The highest BCUT2D eigenvalue weighted by Crippen LogP contribution is 2.24. The Bertz CT molecular complexity index is 456. The minimum absolute atomic E-state index is 0.0448. The van der Waals surface area contributed by atoms with Gasteiger partial charge in [-0.1, -0.05) is 13.0 Å². The zero-order valence-corrected chi connectivity index (χ0v) is 10.0. The Kier molecular flexibility index (Phi) is 4.28. The highest BCUT2D eigenvalue weighted by Gasteiger charge is 2.18. The van der Waals surface area contributed by atoms with E-state index in [0.29, 0.717) is 12.1 Å². The summed E-state index contributed by atoms with van der Waals surface area (Å²) in [6.45, 7) is 1.79. The summed E-state index contributed by atoms with van der Waals surface area (Å²) in [6, 6.07) is 4.54. The van der Waals surface area contributed by atoms with Crippen LogP contribution in [0.25, 0.3) is 0 Å². The SMILES string of the molecule is CCNS(=O)(=O)c1cc(CO)ccc1OC. The molecule has 6 heteroatoms. The molecule has 0 aliphatic carbocycles. The van der Waals surface area contributed by atoms with Gasteiger partial charge in [-0.2, -0.15) is 0 Å². The monoisotopic (exact) mass is 245 g/mol. The van der Waals surface area contributed by atoms with Crippen molar-refractivity contribution in [2.24, 2.45) is 0 Å². The molecule has 0 saturated carbocycles. The molecule has 0 aromatic heterocycles. The lowest BCUT2D eigenvalue weighted by Crippen LogP contribution is -2.23. The number of aliphatic hydroxyl groups excluding tert-OH is 1. The average Bonchev–Trinajstić information content (AvgIpc) is 2.28. The van der Waals surface area contributed by atoms with E-state index in [2.05, 4.69) is 4.72 Å². The van der Waals surface area contributed by atoms with E-state index in [1.165, 1.54) is 19.2 Å². The summed E-state index contributed by atoms with van der Waals surface area (Å²) >= 11 is 0. The van der Waals surface area contributed by atoms with Gasteiger partial charge in [0.25, 0.3) is 0 Å². The van der Waals surface area contributed by atoms with Crippen LogP contribution in [0.2, 0.25) is 0 Å². The Morgan fingerprint density at radius 3 is 2.62 bits per heavy atom. The van der Waals surface area contributed by atoms with Crippen molar-refractivity contribution in [1.29, 1.82) is 0 Å². The lowest BCUT2D eigenvalue weighted by Gasteiger charge is -2.10. The molecule has 0 aliphatic heterocycles.